The smallest absolute Gasteiger partial charge is 0.355 e. The van der Waals surface area contributed by atoms with E-state index in [-0.39, 0.29) is 16.6 Å². The zero-order valence-corrected chi connectivity index (χ0v) is 11.0. The molecule has 2 aromatic heterocycles. The molecular formula is C11H12N4O3S. The zero-order chi connectivity index (χ0) is 13.8. The van der Waals surface area contributed by atoms with Gasteiger partial charge in [-0.15, -0.1) is 11.3 Å². The van der Waals surface area contributed by atoms with Crippen LogP contribution in [-0.2, 0) is 13.5 Å². The summed E-state index contributed by atoms with van der Waals surface area (Å²) in [4.78, 5) is 30.2. The van der Waals surface area contributed by atoms with Gasteiger partial charge in [0.15, 0.2) is 10.7 Å². The lowest BCUT2D eigenvalue weighted by Crippen LogP contribution is -2.26. The van der Waals surface area contributed by atoms with E-state index in [1.54, 1.807) is 6.20 Å². The number of imidazole rings is 1. The molecule has 0 saturated heterocycles. The summed E-state index contributed by atoms with van der Waals surface area (Å²) in [7, 11) is 1.88. The van der Waals surface area contributed by atoms with E-state index in [0.717, 1.165) is 17.2 Å². The van der Waals surface area contributed by atoms with Gasteiger partial charge in [0.1, 0.15) is 5.82 Å². The lowest BCUT2D eigenvalue weighted by atomic mass is 10.4. The lowest BCUT2D eigenvalue weighted by Gasteiger charge is -2.03. The normalized spacial score (nSPS) is 10.4. The van der Waals surface area contributed by atoms with Gasteiger partial charge in [0.05, 0.1) is 0 Å². The molecule has 2 heterocycles. The number of carboxylic acids is 1. The number of hydrogen-bond donors (Lipinski definition) is 2. The van der Waals surface area contributed by atoms with Crippen LogP contribution in [0.4, 0.5) is 0 Å². The highest BCUT2D eigenvalue weighted by Crippen LogP contribution is 2.09. The fourth-order valence-electron chi connectivity index (χ4n) is 1.48. The van der Waals surface area contributed by atoms with Gasteiger partial charge in [0.25, 0.3) is 5.91 Å². The number of amides is 1. The molecule has 0 unspecified atom stereocenters. The fourth-order valence-corrected chi connectivity index (χ4v) is 2.18. The van der Waals surface area contributed by atoms with Crippen molar-refractivity contribution in [3.05, 3.63) is 34.3 Å². The first kappa shape index (κ1) is 13.2. The molecule has 0 aliphatic heterocycles. The zero-order valence-electron chi connectivity index (χ0n) is 10.2. The van der Waals surface area contributed by atoms with Crippen molar-refractivity contribution in [3.63, 3.8) is 0 Å². The first-order chi connectivity index (χ1) is 9.08. The van der Waals surface area contributed by atoms with Gasteiger partial charge in [0.2, 0.25) is 0 Å². The maximum atomic E-state index is 11.7. The fraction of sp³-hybridized carbons (Fsp3) is 0.273. The highest BCUT2D eigenvalue weighted by atomic mass is 32.1. The number of nitrogens with one attached hydrogen (secondary N) is 1. The van der Waals surface area contributed by atoms with Crippen molar-refractivity contribution in [2.75, 3.05) is 6.54 Å². The first-order valence-electron chi connectivity index (χ1n) is 5.51. The Kier molecular flexibility index (Phi) is 3.91. The van der Waals surface area contributed by atoms with E-state index in [1.807, 2.05) is 17.8 Å². The second-order valence-corrected chi connectivity index (χ2v) is 4.66. The highest BCUT2D eigenvalue weighted by molar-refractivity contribution is 7.11. The van der Waals surface area contributed by atoms with Crippen LogP contribution in [-0.4, -0.2) is 38.1 Å². The largest absolute Gasteiger partial charge is 0.476 e. The van der Waals surface area contributed by atoms with Crippen LogP contribution >= 0.6 is 11.3 Å². The molecule has 1 amide bonds. The van der Waals surface area contributed by atoms with Gasteiger partial charge in [-0.1, -0.05) is 0 Å². The molecule has 0 spiro atoms. The second-order valence-electron chi connectivity index (χ2n) is 3.80. The summed E-state index contributed by atoms with van der Waals surface area (Å²) in [5.74, 6) is -0.638. The number of aryl methyl sites for hydroxylation is 1. The average molecular weight is 280 g/mol. The Morgan fingerprint density at radius 1 is 1.53 bits per heavy atom. The number of nitrogens with zero attached hydrogens (tertiary/aromatic N) is 3. The number of carboxylic acid groups (broad SMARTS) is 1. The van der Waals surface area contributed by atoms with E-state index in [4.69, 9.17) is 5.11 Å². The molecule has 19 heavy (non-hydrogen) atoms. The molecule has 0 aliphatic rings. The Balaban J connectivity index is 1.87. The molecule has 100 valence electrons. The predicted octanol–water partition coefficient (Wildman–Crippen LogP) is 0.547. The van der Waals surface area contributed by atoms with Crippen LogP contribution in [0.15, 0.2) is 17.8 Å². The molecule has 0 atom stereocenters. The van der Waals surface area contributed by atoms with Crippen LogP contribution < -0.4 is 5.32 Å². The minimum Gasteiger partial charge on any atom is -0.476 e. The number of carbonyl (C=O) groups is 2. The Hall–Kier alpha value is -2.22. The van der Waals surface area contributed by atoms with Crippen molar-refractivity contribution >= 4 is 23.2 Å². The number of aromatic nitrogens is 3. The SMILES string of the molecule is Cn1ccnc1CCNC(=O)c1nc(C(=O)O)cs1. The summed E-state index contributed by atoms with van der Waals surface area (Å²) >= 11 is 1.01. The average Bonchev–Trinajstić information content (AvgIpc) is 2.98. The predicted molar refractivity (Wildman–Crippen MR) is 68.3 cm³/mol. The van der Waals surface area contributed by atoms with E-state index in [1.165, 1.54) is 5.38 Å². The van der Waals surface area contributed by atoms with Gasteiger partial charge in [0, 0.05) is 37.8 Å². The van der Waals surface area contributed by atoms with E-state index in [9.17, 15) is 9.59 Å². The Morgan fingerprint density at radius 2 is 2.32 bits per heavy atom. The van der Waals surface area contributed by atoms with Gasteiger partial charge in [-0.25, -0.2) is 14.8 Å². The van der Waals surface area contributed by atoms with E-state index in [0.29, 0.717) is 13.0 Å². The van der Waals surface area contributed by atoms with Crippen molar-refractivity contribution in [2.24, 2.45) is 7.05 Å². The van der Waals surface area contributed by atoms with Crippen LogP contribution in [0.1, 0.15) is 26.1 Å². The quantitative estimate of drug-likeness (QED) is 0.833. The molecule has 7 nitrogen and oxygen atoms in total. The molecule has 2 rings (SSSR count). The molecule has 8 heteroatoms. The first-order valence-corrected chi connectivity index (χ1v) is 6.39. The van der Waals surface area contributed by atoms with Crippen molar-refractivity contribution in [1.82, 2.24) is 19.9 Å². The molecular weight excluding hydrogens is 268 g/mol. The van der Waals surface area contributed by atoms with Crippen LogP contribution in [0, 0.1) is 0 Å². The molecule has 0 radical (unpaired) electrons. The van der Waals surface area contributed by atoms with E-state index >= 15 is 0 Å². The minimum atomic E-state index is -1.14. The van der Waals surface area contributed by atoms with Crippen molar-refractivity contribution < 1.29 is 14.7 Å². The van der Waals surface area contributed by atoms with Crippen molar-refractivity contribution in [1.29, 1.82) is 0 Å². The molecule has 0 saturated carbocycles. The molecule has 2 N–H and O–H groups in total. The Labute approximate surface area is 112 Å². The summed E-state index contributed by atoms with van der Waals surface area (Å²) in [5.41, 5.74) is -0.112. The monoisotopic (exact) mass is 280 g/mol. The summed E-state index contributed by atoms with van der Waals surface area (Å²) < 4.78 is 1.87. The third-order valence-corrected chi connectivity index (χ3v) is 3.31. The van der Waals surface area contributed by atoms with Crippen LogP contribution in [0.3, 0.4) is 0 Å². The Morgan fingerprint density at radius 3 is 2.89 bits per heavy atom. The van der Waals surface area contributed by atoms with Gasteiger partial charge in [-0.3, -0.25) is 4.79 Å². The van der Waals surface area contributed by atoms with Crippen LogP contribution in [0.5, 0.6) is 0 Å². The summed E-state index contributed by atoms with van der Waals surface area (Å²) in [5, 5.41) is 12.9. The number of thiazole rings is 1. The van der Waals surface area contributed by atoms with E-state index in [2.05, 4.69) is 15.3 Å². The summed E-state index contributed by atoms with van der Waals surface area (Å²) in [6.45, 7) is 0.422. The van der Waals surface area contributed by atoms with Gasteiger partial charge in [-0.05, 0) is 0 Å². The summed E-state index contributed by atoms with van der Waals surface area (Å²) in [6, 6.07) is 0. The summed E-state index contributed by atoms with van der Waals surface area (Å²) in [6.07, 6.45) is 4.13. The molecule has 0 fully saturated rings. The second kappa shape index (κ2) is 5.61. The number of rotatable bonds is 5. The number of aromatic carboxylic acids is 1. The lowest BCUT2D eigenvalue weighted by molar-refractivity contribution is 0.0691. The minimum absolute atomic E-state index is 0.112. The van der Waals surface area contributed by atoms with Gasteiger partial charge in [-0.2, -0.15) is 0 Å². The van der Waals surface area contributed by atoms with Gasteiger partial charge < -0.3 is 15.0 Å². The standard InChI is InChI=1S/C11H12N4O3S/c1-15-5-4-12-8(15)2-3-13-9(16)10-14-7(6-19-10)11(17)18/h4-6H,2-3H2,1H3,(H,13,16)(H,17,18). The molecule has 2 aromatic rings. The topological polar surface area (TPSA) is 97.1 Å². The number of hydrogen-bond acceptors (Lipinski definition) is 5. The van der Waals surface area contributed by atoms with Crippen LogP contribution in [0.2, 0.25) is 0 Å². The molecule has 0 aliphatic carbocycles. The van der Waals surface area contributed by atoms with Crippen molar-refractivity contribution in [2.45, 2.75) is 6.42 Å². The van der Waals surface area contributed by atoms with Gasteiger partial charge >= 0.3 is 5.97 Å². The third kappa shape index (κ3) is 3.16. The highest BCUT2D eigenvalue weighted by Gasteiger charge is 2.14. The van der Waals surface area contributed by atoms with E-state index < -0.39 is 5.97 Å². The molecule has 0 aromatic carbocycles. The maximum Gasteiger partial charge on any atom is 0.355 e. The third-order valence-electron chi connectivity index (χ3n) is 2.47. The maximum absolute atomic E-state index is 11.7. The van der Waals surface area contributed by atoms with Crippen molar-refractivity contribution in [3.8, 4) is 0 Å². The van der Waals surface area contributed by atoms with Crippen LogP contribution in [0.25, 0.3) is 0 Å². The molecule has 0 bridgehead atoms. The Bertz CT molecular complexity index is 605. The number of carbonyl (C=O) groups excluding carboxylic acids is 1.